The molecule has 4 atom stereocenters. The van der Waals surface area contributed by atoms with Gasteiger partial charge in [-0.2, -0.15) is 0 Å². The van der Waals surface area contributed by atoms with E-state index in [1.165, 1.54) is 6.42 Å². The summed E-state index contributed by atoms with van der Waals surface area (Å²) in [4.78, 5) is 17.6. The summed E-state index contributed by atoms with van der Waals surface area (Å²) in [5.41, 5.74) is 0.352. The van der Waals surface area contributed by atoms with Gasteiger partial charge in [0.25, 0.3) is 0 Å². The fourth-order valence-electron chi connectivity index (χ4n) is 6.07. The highest BCUT2D eigenvalue weighted by Gasteiger charge is 2.61. The molecule has 1 aromatic carbocycles. The minimum Gasteiger partial charge on any atom is -0.325 e. The molecule has 1 amide bonds. The van der Waals surface area contributed by atoms with E-state index >= 15 is 0 Å². The number of nitrogens with one attached hydrogen (secondary N) is 1. The van der Waals surface area contributed by atoms with Gasteiger partial charge in [0.15, 0.2) is 0 Å². The molecule has 4 bridgehead atoms. The summed E-state index contributed by atoms with van der Waals surface area (Å²) in [6, 6.07) is 5.83. The number of hydrogen-bond donors (Lipinski definition) is 1. The third-order valence-electron chi connectivity index (χ3n) is 6.64. The van der Waals surface area contributed by atoms with Crippen molar-refractivity contribution >= 4 is 55.1 Å². The first-order chi connectivity index (χ1) is 12.9. The molecular weight excluding hydrogens is 495 g/mol. The molecule has 2 aromatic rings. The van der Waals surface area contributed by atoms with Crippen LogP contribution in [0.4, 0.5) is 5.69 Å². The van der Waals surface area contributed by atoms with Crippen LogP contribution in [0.3, 0.4) is 0 Å². The maximum atomic E-state index is 13.5. The Kier molecular flexibility index (Phi) is 4.22. The lowest BCUT2D eigenvalue weighted by Gasteiger charge is -2.60. The van der Waals surface area contributed by atoms with E-state index in [1.54, 1.807) is 6.33 Å². The molecule has 4 aliphatic carbocycles. The van der Waals surface area contributed by atoms with E-state index in [1.807, 2.05) is 22.9 Å². The van der Waals surface area contributed by atoms with Gasteiger partial charge < -0.3 is 5.32 Å². The number of hydrogen-bond acceptors (Lipinski definition) is 3. The van der Waals surface area contributed by atoms with Crippen LogP contribution in [0, 0.1) is 17.3 Å². The van der Waals surface area contributed by atoms with Crippen LogP contribution in [-0.2, 0) is 10.3 Å². The van der Waals surface area contributed by atoms with Crippen LogP contribution in [0.2, 0.25) is 5.28 Å². The quantitative estimate of drug-likeness (QED) is 0.598. The van der Waals surface area contributed by atoms with Gasteiger partial charge in [0.2, 0.25) is 11.2 Å². The summed E-state index contributed by atoms with van der Waals surface area (Å²) < 4.78 is 3.81. The topological polar surface area (TPSA) is 59.8 Å². The van der Waals surface area contributed by atoms with Crippen molar-refractivity contribution in [3.8, 4) is 0 Å². The average molecular weight is 515 g/mol. The second-order valence-corrected chi connectivity index (χ2v) is 10.6. The second-order valence-electron chi connectivity index (χ2n) is 8.50. The van der Waals surface area contributed by atoms with Crippen LogP contribution in [0.25, 0.3) is 0 Å². The molecule has 8 heteroatoms. The molecule has 4 aliphatic rings. The molecule has 4 fully saturated rings. The molecule has 1 N–H and O–H groups in total. The van der Waals surface area contributed by atoms with Crippen LogP contribution in [0.5, 0.6) is 0 Å². The number of anilines is 1. The Labute approximate surface area is 179 Å². The zero-order chi connectivity index (χ0) is 18.8. The van der Waals surface area contributed by atoms with Crippen molar-refractivity contribution in [1.82, 2.24) is 14.8 Å². The standard InChI is InChI=1S/C19H19Br2ClN4O/c20-13-1-2-15(14(21)4-13)24-16(27)18-5-11-3-12(6-18)8-19(7-11,9-18)26-10-23-17(22)25-26/h1-2,4,10-12H,3,5-9H2,(H,24,27)/t11-,12+,18?,19?. The molecule has 6 rings (SSSR count). The first kappa shape index (κ1) is 18.1. The van der Waals surface area contributed by atoms with Crippen molar-refractivity contribution in [3.63, 3.8) is 0 Å². The van der Waals surface area contributed by atoms with Gasteiger partial charge in [-0.15, -0.1) is 5.10 Å². The third kappa shape index (κ3) is 2.97. The van der Waals surface area contributed by atoms with Crippen LogP contribution in [-0.4, -0.2) is 20.7 Å². The highest BCUT2D eigenvalue weighted by Crippen LogP contribution is 2.64. The lowest BCUT2D eigenvalue weighted by molar-refractivity contribution is -0.150. The largest absolute Gasteiger partial charge is 0.325 e. The molecule has 0 radical (unpaired) electrons. The molecule has 1 heterocycles. The number of aromatic nitrogens is 3. The molecule has 0 saturated heterocycles. The predicted octanol–water partition coefficient (Wildman–Crippen LogP) is 5.39. The Morgan fingerprint density at radius 3 is 2.59 bits per heavy atom. The SMILES string of the molecule is O=C(Nc1ccc(Br)cc1Br)C12C[C@H]3C[C@@H](C1)CC(n1cnc(Cl)n1)(C3)C2. The Hall–Kier alpha value is -0.920. The molecule has 142 valence electrons. The van der Waals surface area contributed by atoms with Crippen molar-refractivity contribution in [1.29, 1.82) is 0 Å². The van der Waals surface area contributed by atoms with Gasteiger partial charge in [-0.25, -0.2) is 9.67 Å². The summed E-state index contributed by atoms with van der Waals surface area (Å²) in [5.74, 6) is 1.26. The van der Waals surface area contributed by atoms with E-state index in [0.29, 0.717) is 11.8 Å². The van der Waals surface area contributed by atoms with Gasteiger partial charge in [-0.05, 0) is 96.1 Å². The predicted molar refractivity (Wildman–Crippen MR) is 111 cm³/mol. The summed E-state index contributed by atoms with van der Waals surface area (Å²) in [7, 11) is 0. The van der Waals surface area contributed by atoms with Crippen molar-refractivity contribution in [2.24, 2.45) is 17.3 Å². The zero-order valence-corrected chi connectivity index (χ0v) is 18.5. The Bertz CT molecular complexity index is 916. The van der Waals surface area contributed by atoms with Crippen LogP contribution < -0.4 is 5.32 Å². The van der Waals surface area contributed by atoms with E-state index in [0.717, 1.165) is 46.7 Å². The number of rotatable bonds is 3. The average Bonchev–Trinajstić information content (AvgIpc) is 3.03. The molecule has 1 aromatic heterocycles. The molecule has 5 nitrogen and oxygen atoms in total. The van der Waals surface area contributed by atoms with Crippen LogP contribution in [0.1, 0.15) is 38.5 Å². The summed E-state index contributed by atoms with van der Waals surface area (Å²) >= 11 is 13.0. The lowest BCUT2D eigenvalue weighted by Crippen LogP contribution is -2.60. The smallest absolute Gasteiger partial charge is 0.242 e. The van der Waals surface area contributed by atoms with E-state index in [4.69, 9.17) is 11.6 Å². The van der Waals surface area contributed by atoms with Crippen molar-refractivity contribution < 1.29 is 4.79 Å². The van der Waals surface area contributed by atoms with E-state index < -0.39 is 0 Å². The highest BCUT2D eigenvalue weighted by atomic mass is 79.9. The fraction of sp³-hybridized carbons (Fsp3) is 0.526. The number of nitrogens with zero attached hydrogens (tertiary/aromatic N) is 3. The van der Waals surface area contributed by atoms with Gasteiger partial charge in [0.05, 0.1) is 16.6 Å². The number of benzene rings is 1. The van der Waals surface area contributed by atoms with Gasteiger partial charge in [0, 0.05) is 8.95 Å². The Balaban J connectivity index is 1.47. The minimum atomic E-state index is -0.338. The van der Waals surface area contributed by atoms with Crippen LogP contribution >= 0.6 is 43.5 Å². The summed E-state index contributed by atoms with van der Waals surface area (Å²) in [6.07, 6.45) is 7.85. The van der Waals surface area contributed by atoms with Crippen molar-refractivity contribution in [3.05, 3.63) is 38.8 Å². The van der Waals surface area contributed by atoms with Crippen LogP contribution in [0.15, 0.2) is 33.5 Å². The summed E-state index contributed by atoms with van der Waals surface area (Å²) in [6.45, 7) is 0. The molecular formula is C19H19Br2ClN4O. The first-order valence-electron chi connectivity index (χ1n) is 9.22. The fourth-order valence-corrected chi connectivity index (χ4v) is 7.34. The van der Waals surface area contributed by atoms with Crippen molar-refractivity contribution in [2.75, 3.05) is 5.32 Å². The van der Waals surface area contributed by atoms with Gasteiger partial charge >= 0.3 is 0 Å². The maximum Gasteiger partial charge on any atom is 0.242 e. The van der Waals surface area contributed by atoms with E-state index in [-0.39, 0.29) is 22.1 Å². The van der Waals surface area contributed by atoms with Crippen molar-refractivity contribution in [2.45, 2.75) is 44.1 Å². The molecule has 0 spiro atoms. The summed E-state index contributed by atoms with van der Waals surface area (Å²) in [5, 5.41) is 7.90. The second kappa shape index (κ2) is 6.29. The Morgan fingerprint density at radius 1 is 1.22 bits per heavy atom. The number of halogens is 3. The van der Waals surface area contributed by atoms with Gasteiger partial charge in [-0.3, -0.25) is 4.79 Å². The number of carbonyl (C=O) groups excluding carboxylic acids is 1. The molecule has 4 saturated carbocycles. The normalized spacial score (nSPS) is 34.0. The third-order valence-corrected chi connectivity index (χ3v) is 7.96. The highest BCUT2D eigenvalue weighted by molar-refractivity contribution is 9.11. The Morgan fingerprint density at radius 2 is 1.96 bits per heavy atom. The van der Waals surface area contributed by atoms with E-state index in [2.05, 4.69) is 47.3 Å². The zero-order valence-electron chi connectivity index (χ0n) is 14.6. The lowest BCUT2D eigenvalue weighted by atomic mass is 9.46. The van der Waals surface area contributed by atoms with Gasteiger partial charge in [-0.1, -0.05) is 15.9 Å². The maximum absolute atomic E-state index is 13.5. The first-order valence-corrected chi connectivity index (χ1v) is 11.2. The van der Waals surface area contributed by atoms with E-state index in [9.17, 15) is 4.79 Å². The molecule has 2 unspecified atom stereocenters. The monoisotopic (exact) mass is 512 g/mol. The minimum absolute atomic E-state index is 0.126. The molecule has 0 aliphatic heterocycles. The molecule has 27 heavy (non-hydrogen) atoms. The van der Waals surface area contributed by atoms with Gasteiger partial charge in [0.1, 0.15) is 6.33 Å². The number of carbonyl (C=O) groups is 1. The number of amides is 1.